The average molecular weight is 579 g/mol. The highest BCUT2D eigenvalue weighted by Gasteiger charge is 2.27. The second-order valence-corrected chi connectivity index (χ2v) is 11.8. The third kappa shape index (κ3) is 6.02. The Morgan fingerprint density at radius 1 is 1.05 bits per heavy atom. The van der Waals surface area contributed by atoms with E-state index < -0.39 is 21.9 Å². The van der Waals surface area contributed by atoms with Gasteiger partial charge in [0.05, 0.1) is 17.1 Å². The maximum atomic E-state index is 15.8. The molecule has 12 heteroatoms. The lowest BCUT2D eigenvalue weighted by Crippen LogP contribution is -2.53. The molecule has 0 bridgehead atoms. The smallest absolute Gasteiger partial charge is 0.407 e. The first-order chi connectivity index (χ1) is 19.7. The van der Waals surface area contributed by atoms with Crippen molar-refractivity contribution < 1.29 is 22.7 Å². The van der Waals surface area contributed by atoms with E-state index in [4.69, 9.17) is 5.10 Å². The molecule has 1 aliphatic heterocycles. The van der Waals surface area contributed by atoms with Crippen molar-refractivity contribution in [2.75, 3.05) is 35.0 Å². The van der Waals surface area contributed by atoms with E-state index >= 15 is 4.39 Å². The third-order valence-corrected chi connectivity index (χ3v) is 8.52. The molecular formula is C29H31FN6O4S. The first-order valence-electron chi connectivity index (χ1n) is 13.3. The molecule has 5 rings (SSSR count). The van der Waals surface area contributed by atoms with Crippen LogP contribution in [-0.2, 0) is 10.0 Å². The number of benzene rings is 2. The minimum Gasteiger partial charge on any atom is -0.465 e. The number of anilines is 2. The number of aromatic nitrogens is 3. The highest BCUT2D eigenvalue weighted by molar-refractivity contribution is 7.92. The molecule has 1 saturated heterocycles. The van der Waals surface area contributed by atoms with Gasteiger partial charge < -0.3 is 14.9 Å². The minimum atomic E-state index is -3.69. The number of carboxylic acid groups (broad SMARTS) is 1. The number of hydrogen-bond donors (Lipinski definition) is 2. The topological polar surface area (TPSA) is 121 Å². The van der Waals surface area contributed by atoms with E-state index in [1.165, 1.54) is 11.0 Å². The van der Waals surface area contributed by atoms with Crippen LogP contribution in [0.15, 0.2) is 73.2 Å². The maximum absolute atomic E-state index is 15.8. The van der Waals surface area contributed by atoms with Gasteiger partial charge in [0.1, 0.15) is 5.69 Å². The molecule has 41 heavy (non-hydrogen) atoms. The molecule has 214 valence electrons. The molecule has 10 nitrogen and oxygen atoms in total. The number of carbonyl (C=O) groups is 1. The molecule has 4 aromatic rings. The summed E-state index contributed by atoms with van der Waals surface area (Å²) in [6.45, 7) is 5.24. The molecule has 1 unspecified atom stereocenters. The van der Waals surface area contributed by atoms with Gasteiger partial charge in [0.2, 0.25) is 10.0 Å². The monoisotopic (exact) mass is 578 g/mol. The second kappa shape index (κ2) is 11.6. The lowest BCUT2D eigenvalue weighted by molar-refractivity contribution is 0.122. The van der Waals surface area contributed by atoms with Gasteiger partial charge in [-0.2, -0.15) is 5.10 Å². The van der Waals surface area contributed by atoms with Crippen LogP contribution in [-0.4, -0.2) is 70.7 Å². The van der Waals surface area contributed by atoms with Crippen LogP contribution in [0.1, 0.15) is 20.3 Å². The summed E-state index contributed by atoms with van der Waals surface area (Å²) < 4.78 is 44.5. The van der Waals surface area contributed by atoms with Crippen molar-refractivity contribution in [1.29, 1.82) is 0 Å². The number of pyridine rings is 1. The molecule has 0 aliphatic carbocycles. The number of hydrogen-bond acceptors (Lipinski definition) is 6. The van der Waals surface area contributed by atoms with Crippen LogP contribution in [0.3, 0.4) is 0 Å². The first kappa shape index (κ1) is 28.1. The van der Waals surface area contributed by atoms with Crippen LogP contribution in [0.5, 0.6) is 0 Å². The van der Waals surface area contributed by atoms with Gasteiger partial charge in [0.25, 0.3) is 0 Å². The summed E-state index contributed by atoms with van der Waals surface area (Å²) >= 11 is 0. The zero-order chi connectivity index (χ0) is 29.1. The van der Waals surface area contributed by atoms with Gasteiger partial charge in [-0.3, -0.25) is 9.71 Å². The molecule has 3 heterocycles. The van der Waals surface area contributed by atoms with Crippen molar-refractivity contribution in [3.05, 3.63) is 79.0 Å². The summed E-state index contributed by atoms with van der Waals surface area (Å²) in [7, 11) is -3.69. The van der Waals surface area contributed by atoms with E-state index in [0.29, 0.717) is 37.3 Å². The SMILES string of the molecule is CCCS(=O)(=O)Nc1cccc(-c2cn(-c3ccc(N4CCN(C(=O)O)C(C)C4)cc3)nc2-c2ccncc2)c1F. The van der Waals surface area contributed by atoms with Gasteiger partial charge in [0.15, 0.2) is 5.82 Å². The van der Waals surface area contributed by atoms with Crippen LogP contribution in [0.2, 0.25) is 0 Å². The molecule has 2 aromatic carbocycles. The molecule has 1 aliphatic rings. The second-order valence-electron chi connectivity index (χ2n) is 9.95. The summed E-state index contributed by atoms with van der Waals surface area (Å²) in [4.78, 5) is 19.1. The van der Waals surface area contributed by atoms with Crippen molar-refractivity contribution in [2.24, 2.45) is 0 Å². The molecule has 0 saturated carbocycles. The Bertz CT molecular complexity index is 1640. The Morgan fingerprint density at radius 2 is 1.76 bits per heavy atom. The summed E-state index contributed by atoms with van der Waals surface area (Å²) in [6.07, 6.45) is 4.48. The van der Waals surface area contributed by atoms with Crippen LogP contribution < -0.4 is 9.62 Å². The number of rotatable bonds is 8. The van der Waals surface area contributed by atoms with Crippen molar-refractivity contribution in [2.45, 2.75) is 26.3 Å². The molecule has 2 N–H and O–H groups in total. The largest absolute Gasteiger partial charge is 0.465 e. The van der Waals surface area contributed by atoms with Gasteiger partial charge >= 0.3 is 6.09 Å². The van der Waals surface area contributed by atoms with Crippen LogP contribution >= 0.6 is 0 Å². The number of piperazine rings is 1. The van der Waals surface area contributed by atoms with E-state index in [1.54, 1.807) is 54.5 Å². The molecule has 0 radical (unpaired) electrons. The molecular weight excluding hydrogens is 547 g/mol. The zero-order valence-electron chi connectivity index (χ0n) is 22.7. The number of halogens is 1. The first-order valence-corrected chi connectivity index (χ1v) is 15.0. The molecule has 0 spiro atoms. The summed E-state index contributed by atoms with van der Waals surface area (Å²) in [6, 6.07) is 15.8. The third-order valence-electron chi connectivity index (χ3n) is 7.05. The summed E-state index contributed by atoms with van der Waals surface area (Å²) in [5.74, 6) is -0.798. The van der Waals surface area contributed by atoms with Crippen LogP contribution in [0, 0.1) is 5.82 Å². The van der Waals surface area contributed by atoms with Crippen molar-refractivity contribution in [3.8, 4) is 28.1 Å². The number of nitrogens with one attached hydrogen (secondary N) is 1. The Balaban J connectivity index is 1.49. The van der Waals surface area contributed by atoms with Crippen molar-refractivity contribution >= 4 is 27.5 Å². The van der Waals surface area contributed by atoms with Crippen molar-refractivity contribution in [3.63, 3.8) is 0 Å². The van der Waals surface area contributed by atoms with Crippen molar-refractivity contribution in [1.82, 2.24) is 19.7 Å². The number of amides is 1. The summed E-state index contributed by atoms with van der Waals surface area (Å²) in [5, 5.41) is 14.1. The Morgan fingerprint density at radius 3 is 2.41 bits per heavy atom. The lowest BCUT2D eigenvalue weighted by Gasteiger charge is -2.39. The number of sulfonamides is 1. The fraction of sp³-hybridized carbons (Fsp3) is 0.276. The predicted octanol–water partition coefficient (Wildman–Crippen LogP) is 5.08. The van der Waals surface area contributed by atoms with E-state index in [-0.39, 0.29) is 23.0 Å². The zero-order valence-corrected chi connectivity index (χ0v) is 23.6. The van der Waals surface area contributed by atoms with Gasteiger partial charge in [-0.15, -0.1) is 0 Å². The highest BCUT2D eigenvalue weighted by atomic mass is 32.2. The molecule has 1 atom stereocenters. The van der Waals surface area contributed by atoms with Crippen LogP contribution in [0.4, 0.5) is 20.6 Å². The van der Waals surface area contributed by atoms with Gasteiger partial charge in [-0.05, 0) is 55.8 Å². The normalized spacial score (nSPS) is 15.6. The molecule has 1 fully saturated rings. The predicted molar refractivity (Wildman–Crippen MR) is 156 cm³/mol. The Kier molecular flexibility index (Phi) is 7.93. The van der Waals surface area contributed by atoms with E-state index in [2.05, 4.69) is 14.6 Å². The quantitative estimate of drug-likeness (QED) is 0.299. The van der Waals surface area contributed by atoms with Gasteiger partial charge in [0, 0.05) is 66.6 Å². The highest BCUT2D eigenvalue weighted by Crippen LogP contribution is 2.36. The van der Waals surface area contributed by atoms with Gasteiger partial charge in [-0.1, -0.05) is 19.1 Å². The van der Waals surface area contributed by atoms with Crippen LogP contribution in [0.25, 0.3) is 28.1 Å². The summed E-state index contributed by atoms with van der Waals surface area (Å²) in [5.41, 5.74) is 3.54. The minimum absolute atomic E-state index is 0.110. The molecule has 2 aromatic heterocycles. The van der Waals surface area contributed by atoms with E-state index in [0.717, 1.165) is 16.9 Å². The fourth-order valence-corrected chi connectivity index (χ4v) is 6.16. The Labute approximate surface area is 238 Å². The fourth-order valence-electron chi connectivity index (χ4n) is 5.02. The average Bonchev–Trinajstić information content (AvgIpc) is 3.40. The number of nitrogens with zero attached hydrogens (tertiary/aromatic N) is 5. The Hall–Kier alpha value is -4.45. The maximum Gasteiger partial charge on any atom is 0.407 e. The van der Waals surface area contributed by atoms with Gasteiger partial charge in [-0.25, -0.2) is 22.3 Å². The van der Waals surface area contributed by atoms with E-state index in [1.807, 2.05) is 31.2 Å². The standard InChI is InChI=1S/C29H31FN6O4S/c1-3-17-41(39,40)33-26-6-4-5-24(27(26)30)25-19-36(32-28(25)21-11-13-31-14-12-21)23-9-7-22(8-10-23)34-15-16-35(29(37)38)20(2)18-34/h4-14,19-20,33H,3,15-18H2,1-2H3,(H,37,38). The molecule has 1 amide bonds. The lowest BCUT2D eigenvalue weighted by atomic mass is 10.0. The van der Waals surface area contributed by atoms with E-state index in [9.17, 15) is 18.3 Å².